The van der Waals surface area contributed by atoms with Crippen molar-refractivity contribution >= 4 is 17.5 Å². The second-order valence-corrected chi connectivity index (χ2v) is 5.41. The van der Waals surface area contributed by atoms with Crippen LogP contribution in [0.1, 0.15) is 22.8 Å². The van der Waals surface area contributed by atoms with Crippen LogP contribution in [-0.4, -0.2) is 23.2 Å². The highest BCUT2D eigenvalue weighted by atomic mass is 35.5. The molecule has 0 heterocycles. The fraction of sp³-hybridized carbons (Fsp3) is 0.235. The summed E-state index contributed by atoms with van der Waals surface area (Å²) in [4.78, 5) is 12.1. The number of carbonyl (C=O) groups excluding carboxylic acids is 1. The molecular weight excluding hydrogens is 286 g/mol. The molecule has 0 spiro atoms. The Hall–Kier alpha value is -1.84. The summed E-state index contributed by atoms with van der Waals surface area (Å²) in [7, 11) is 0. The van der Waals surface area contributed by atoms with Gasteiger partial charge in [0.15, 0.2) is 0 Å². The molecule has 0 fully saturated rings. The second kappa shape index (κ2) is 7.25. The van der Waals surface area contributed by atoms with Crippen LogP contribution in [0.15, 0.2) is 54.6 Å². The van der Waals surface area contributed by atoms with Gasteiger partial charge in [-0.15, -0.1) is 0 Å². The molecule has 2 N–H and O–H groups in total. The quantitative estimate of drug-likeness (QED) is 0.892. The fourth-order valence-corrected chi connectivity index (χ4v) is 2.28. The van der Waals surface area contributed by atoms with Crippen LogP contribution in [-0.2, 0) is 6.42 Å². The molecular formula is C17H18ClNO2. The summed E-state index contributed by atoms with van der Waals surface area (Å²) in [5.41, 5.74) is 1.45. The first-order valence-electron chi connectivity index (χ1n) is 6.85. The summed E-state index contributed by atoms with van der Waals surface area (Å²) in [6, 6.07) is 16.2. The predicted molar refractivity (Wildman–Crippen MR) is 84.5 cm³/mol. The maximum atomic E-state index is 12.1. The highest BCUT2D eigenvalue weighted by Crippen LogP contribution is 2.15. The molecule has 0 aliphatic heterocycles. The van der Waals surface area contributed by atoms with E-state index in [1.54, 1.807) is 31.2 Å². The van der Waals surface area contributed by atoms with E-state index in [0.29, 0.717) is 17.0 Å². The van der Waals surface area contributed by atoms with E-state index in [9.17, 15) is 9.90 Å². The zero-order valence-corrected chi connectivity index (χ0v) is 12.5. The van der Waals surface area contributed by atoms with Crippen molar-refractivity contribution in [3.8, 4) is 0 Å². The van der Waals surface area contributed by atoms with E-state index < -0.39 is 6.10 Å². The molecule has 0 aliphatic rings. The number of hydrogen-bond donors (Lipinski definition) is 2. The lowest BCUT2D eigenvalue weighted by atomic mass is 10.0. The summed E-state index contributed by atoms with van der Waals surface area (Å²) in [6.45, 7) is 1.78. The van der Waals surface area contributed by atoms with Crippen molar-refractivity contribution < 1.29 is 9.90 Å². The van der Waals surface area contributed by atoms with Crippen molar-refractivity contribution in [3.63, 3.8) is 0 Å². The van der Waals surface area contributed by atoms with Gasteiger partial charge in [-0.2, -0.15) is 0 Å². The molecule has 0 radical (unpaired) electrons. The molecule has 2 atom stereocenters. The molecule has 2 aromatic rings. The number of aliphatic hydroxyl groups is 1. The number of rotatable bonds is 5. The number of halogens is 1. The van der Waals surface area contributed by atoms with Crippen molar-refractivity contribution in [3.05, 3.63) is 70.7 Å². The van der Waals surface area contributed by atoms with Crippen LogP contribution in [0.2, 0.25) is 5.02 Å². The Labute approximate surface area is 129 Å². The average molecular weight is 304 g/mol. The zero-order valence-electron chi connectivity index (χ0n) is 11.8. The first kappa shape index (κ1) is 15.5. The molecule has 3 nitrogen and oxygen atoms in total. The second-order valence-electron chi connectivity index (χ2n) is 5.00. The third-order valence-corrected chi connectivity index (χ3v) is 3.67. The molecule has 0 unspecified atom stereocenters. The molecule has 2 rings (SSSR count). The van der Waals surface area contributed by atoms with Gasteiger partial charge in [0.2, 0.25) is 0 Å². The van der Waals surface area contributed by atoms with Gasteiger partial charge in [-0.1, -0.05) is 54.1 Å². The highest BCUT2D eigenvalue weighted by Gasteiger charge is 2.18. The van der Waals surface area contributed by atoms with Gasteiger partial charge in [0, 0.05) is 6.42 Å². The number of hydrogen-bond acceptors (Lipinski definition) is 2. The number of amides is 1. The van der Waals surface area contributed by atoms with E-state index in [2.05, 4.69) is 5.32 Å². The first-order valence-corrected chi connectivity index (χ1v) is 7.23. The van der Waals surface area contributed by atoms with Crippen LogP contribution in [0.25, 0.3) is 0 Å². The number of benzene rings is 2. The van der Waals surface area contributed by atoms with Crippen LogP contribution in [0, 0.1) is 0 Å². The van der Waals surface area contributed by atoms with E-state index >= 15 is 0 Å². The summed E-state index contributed by atoms with van der Waals surface area (Å²) in [5, 5.41) is 13.4. The minimum Gasteiger partial charge on any atom is -0.391 e. The van der Waals surface area contributed by atoms with Gasteiger partial charge in [0.1, 0.15) is 0 Å². The first-order chi connectivity index (χ1) is 10.1. The van der Waals surface area contributed by atoms with Crippen LogP contribution in [0.4, 0.5) is 0 Å². The van der Waals surface area contributed by atoms with Crippen molar-refractivity contribution in [2.75, 3.05) is 0 Å². The lowest BCUT2D eigenvalue weighted by molar-refractivity contribution is 0.0852. The Balaban J connectivity index is 1.96. The van der Waals surface area contributed by atoms with E-state index in [0.717, 1.165) is 5.56 Å². The lowest BCUT2D eigenvalue weighted by Crippen LogP contribution is -2.42. The monoisotopic (exact) mass is 303 g/mol. The topological polar surface area (TPSA) is 49.3 Å². The molecule has 1 amide bonds. The molecule has 0 aromatic heterocycles. The van der Waals surface area contributed by atoms with Gasteiger partial charge in [0.25, 0.3) is 5.91 Å². The maximum absolute atomic E-state index is 12.1. The Kier molecular flexibility index (Phi) is 5.37. The normalized spacial score (nSPS) is 13.5. The molecule has 0 aliphatic carbocycles. The Morgan fingerprint density at radius 1 is 1.14 bits per heavy atom. The third kappa shape index (κ3) is 4.31. The smallest absolute Gasteiger partial charge is 0.253 e. The number of carbonyl (C=O) groups is 1. The van der Waals surface area contributed by atoms with Crippen molar-refractivity contribution in [2.45, 2.75) is 25.5 Å². The van der Waals surface area contributed by atoms with Crippen molar-refractivity contribution in [1.29, 1.82) is 0 Å². The molecule has 110 valence electrons. The zero-order chi connectivity index (χ0) is 15.2. The van der Waals surface area contributed by atoms with E-state index in [-0.39, 0.29) is 11.9 Å². The molecule has 21 heavy (non-hydrogen) atoms. The van der Waals surface area contributed by atoms with E-state index in [4.69, 9.17) is 11.6 Å². The van der Waals surface area contributed by atoms with E-state index in [1.165, 1.54) is 0 Å². The van der Waals surface area contributed by atoms with Gasteiger partial charge < -0.3 is 10.4 Å². The minimum atomic E-state index is -0.654. The molecule has 2 aromatic carbocycles. The average Bonchev–Trinajstić information content (AvgIpc) is 2.48. The number of aliphatic hydroxyl groups excluding tert-OH is 1. The van der Waals surface area contributed by atoms with Crippen LogP contribution >= 0.6 is 11.6 Å². The summed E-state index contributed by atoms with van der Waals surface area (Å²) in [6.07, 6.45) is -0.163. The molecule has 4 heteroatoms. The number of nitrogens with one attached hydrogen (secondary N) is 1. The maximum Gasteiger partial charge on any atom is 0.253 e. The molecule has 0 saturated heterocycles. The van der Waals surface area contributed by atoms with Crippen molar-refractivity contribution in [1.82, 2.24) is 5.32 Å². The summed E-state index contributed by atoms with van der Waals surface area (Å²) >= 11 is 5.99. The Bertz CT molecular complexity index is 601. The van der Waals surface area contributed by atoms with Gasteiger partial charge in [0.05, 0.1) is 22.7 Å². The largest absolute Gasteiger partial charge is 0.391 e. The summed E-state index contributed by atoms with van der Waals surface area (Å²) < 4.78 is 0. The third-order valence-electron chi connectivity index (χ3n) is 3.34. The molecule has 0 bridgehead atoms. The minimum absolute atomic E-state index is 0.278. The van der Waals surface area contributed by atoms with Gasteiger partial charge in [-0.3, -0.25) is 4.79 Å². The Morgan fingerprint density at radius 2 is 1.76 bits per heavy atom. The standard InChI is InChI=1S/C17H18ClNO2/c1-12(16(20)11-13-7-3-2-4-8-13)19-17(21)14-9-5-6-10-15(14)18/h2-10,12,16,20H,11H2,1H3,(H,19,21)/t12-,16-/m1/s1. The highest BCUT2D eigenvalue weighted by molar-refractivity contribution is 6.33. The lowest BCUT2D eigenvalue weighted by Gasteiger charge is -2.20. The van der Waals surface area contributed by atoms with Gasteiger partial charge >= 0.3 is 0 Å². The molecule has 0 saturated carbocycles. The predicted octanol–water partition coefficient (Wildman–Crippen LogP) is 3.06. The fourth-order valence-electron chi connectivity index (χ4n) is 2.06. The SMILES string of the molecule is C[C@@H](NC(=O)c1ccccc1Cl)[C@H](O)Cc1ccccc1. The summed E-state index contributed by atoms with van der Waals surface area (Å²) in [5.74, 6) is -0.278. The van der Waals surface area contributed by atoms with Crippen LogP contribution in [0.5, 0.6) is 0 Å². The van der Waals surface area contributed by atoms with Crippen LogP contribution < -0.4 is 5.32 Å². The van der Waals surface area contributed by atoms with Crippen LogP contribution in [0.3, 0.4) is 0 Å². The Morgan fingerprint density at radius 3 is 2.43 bits per heavy atom. The van der Waals surface area contributed by atoms with Crippen molar-refractivity contribution in [2.24, 2.45) is 0 Å². The van der Waals surface area contributed by atoms with Gasteiger partial charge in [-0.05, 0) is 24.6 Å². The van der Waals surface area contributed by atoms with Gasteiger partial charge in [-0.25, -0.2) is 0 Å². The van der Waals surface area contributed by atoms with E-state index in [1.807, 2.05) is 30.3 Å².